The molecule has 28 heavy (non-hydrogen) atoms. The van der Waals surface area contributed by atoms with Gasteiger partial charge in [-0.3, -0.25) is 9.52 Å². The van der Waals surface area contributed by atoms with Gasteiger partial charge in [-0.15, -0.1) is 0 Å². The van der Waals surface area contributed by atoms with Gasteiger partial charge in [0, 0.05) is 24.3 Å². The molecule has 10 heteroatoms. The number of amides is 1. The Morgan fingerprint density at radius 3 is 2.50 bits per heavy atom. The van der Waals surface area contributed by atoms with E-state index in [1.165, 1.54) is 25.1 Å². The summed E-state index contributed by atoms with van der Waals surface area (Å²) < 4.78 is 66.4. The third-order valence-electron chi connectivity index (χ3n) is 4.44. The second kappa shape index (κ2) is 6.97. The minimum atomic E-state index is -4.71. The highest BCUT2D eigenvalue weighted by atomic mass is 35.5. The van der Waals surface area contributed by atoms with Crippen molar-refractivity contribution >= 4 is 38.9 Å². The maximum absolute atomic E-state index is 13.0. The molecule has 1 aliphatic heterocycles. The van der Waals surface area contributed by atoms with E-state index in [4.69, 9.17) is 11.6 Å². The van der Waals surface area contributed by atoms with Crippen molar-refractivity contribution in [3.05, 3.63) is 52.5 Å². The standard InChI is InChI=1S/C18H16ClF3N2O3S/c1-10-7-12-8-14(4-6-17(12)24(10)11(2)25)28(26,27)23-13-3-5-16(19)15(9-13)18(20,21)22/h3-6,8-10,23H,7H2,1-2H3. The fourth-order valence-corrected chi connectivity index (χ4v) is 4.60. The molecule has 0 aliphatic carbocycles. The first-order chi connectivity index (χ1) is 12.9. The number of benzene rings is 2. The highest BCUT2D eigenvalue weighted by molar-refractivity contribution is 7.92. The Labute approximate surface area is 165 Å². The molecule has 3 rings (SSSR count). The topological polar surface area (TPSA) is 66.5 Å². The number of fused-ring (bicyclic) bond motifs is 1. The van der Waals surface area contributed by atoms with Gasteiger partial charge in [0.2, 0.25) is 5.91 Å². The van der Waals surface area contributed by atoms with Crippen molar-refractivity contribution in [3.8, 4) is 0 Å². The number of nitrogens with zero attached hydrogens (tertiary/aromatic N) is 1. The SMILES string of the molecule is CC(=O)N1c2ccc(S(=O)(=O)Nc3ccc(Cl)c(C(F)(F)F)c3)cc2CC1C. The summed E-state index contributed by atoms with van der Waals surface area (Å²) in [6, 6.07) is 6.95. The Balaban J connectivity index is 1.93. The molecule has 1 N–H and O–H groups in total. The molecule has 1 unspecified atom stereocenters. The number of carbonyl (C=O) groups excluding carboxylic acids is 1. The first-order valence-corrected chi connectivity index (χ1v) is 10.1. The summed E-state index contributed by atoms with van der Waals surface area (Å²) in [6.45, 7) is 3.27. The van der Waals surface area contributed by atoms with Crippen molar-refractivity contribution < 1.29 is 26.4 Å². The molecule has 2 aromatic carbocycles. The van der Waals surface area contributed by atoms with Crippen LogP contribution in [0.4, 0.5) is 24.5 Å². The van der Waals surface area contributed by atoms with Gasteiger partial charge < -0.3 is 4.90 Å². The zero-order valence-corrected chi connectivity index (χ0v) is 16.4. The Morgan fingerprint density at radius 1 is 1.21 bits per heavy atom. The minimum absolute atomic E-state index is 0.104. The maximum Gasteiger partial charge on any atom is 0.417 e. The van der Waals surface area contributed by atoms with E-state index in [0.29, 0.717) is 23.7 Å². The van der Waals surface area contributed by atoms with Gasteiger partial charge in [0.1, 0.15) is 0 Å². The fourth-order valence-electron chi connectivity index (χ4n) is 3.27. The monoisotopic (exact) mass is 432 g/mol. The molecule has 5 nitrogen and oxygen atoms in total. The third-order valence-corrected chi connectivity index (χ3v) is 6.15. The van der Waals surface area contributed by atoms with Crippen molar-refractivity contribution in [2.45, 2.75) is 37.4 Å². The van der Waals surface area contributed by atoms with E-state index in [9.17, 15) is 26.4 Å². The lowest BCUT2D eigenvalue weighted by molar-refractivity contribution is -0.137. The van der Waals surface area contributed by atoms with Crippen LogP contribution < -0.4 is 9.62 Å². The van der Waals surface area contributed by atoms with Crippen LogP contribution in [0.3, 0.4) is 0 Å². The van der Waals surface area contributed by atoms with Crippen LogP contribution in [0.25, 0.3) is 0 Å². The molecule has 0 aromatic heterocycles. The molecule has 0 radical (unpaired) electrons. The quantitative estimate of drug-likeness (QED) is 0.778. The summed E-state index contributed by atoms with van der Waals surface area (Å²) in [6.07, 6.45) is -4.23. The molecular weight excluding hydrogens is 417 g/mol. The third kappa shape index (κ3) is 3.81. The molecule has 2 aromatic rings. The number of sulfonamides is 1. The molecule has 1 atom stereocenters. The molecule has 1 amide bonds. The molecule has 0 bridgehead atoms. The van der Waals surface area contributed by atoms with Crippen molar-refractivity contribution in [1.29, 1.82) is 0 Å². The van der Waals surface area contributed by atoms with Gasteiger partial charge >= 0.3 is 6.18 Å². The maximum atomic E-state index is 13.0. The first kappa shape index (κ1) is 20.5. The van der Waals surface area contributed by atoms with Crippen molar-refractivity contribution in [2.24, 2.45) is 0 Å². The van der Waals surface area contributed by atoms with Crippen molar-refractivity contribution in [1.82, 2.24) is 0 Å². The van der Waals surface area contributed by atoms with E-state index in [-0.39, 0.29) is 22.5 Å². The number of hydrogen-bond acceptors (Lipinski definition) is 3. The van der Waals surface area contributed by atoms with Crippen LogP contribution in [0.2, 0.25) is 5.02 Å². The van der Waals surface area contributed by atoms with Gasteiger partial charge in [0.05, 0.1) is 15.5 Å². The van der Waals surface area contributed by atoms with Crippen molar-refractivity contribution in [2.75, 3.05) is 9.62 Å². The first-order valence-electron chi connectivity index (χ1n) is 8.22. The molecular formula is C18H16ClF3N2O3S. The summed E-state index contributed by atoms with van der Waals surface area (Å²) >= 11 is 5.56. The number of alkyl halides is 3. The summed E-state index contributed by atoms with van der Waals surface area (Å²) in [7, 11) is -4.13. The number of carbonyl (C=O) groups is 1. The van der Waals surface area contributed by atoms with E-state index in [0.717, 1.165) is 12.1 Å². The number of rotatable bonds is 3. The zero-order valence-electron chi connectivity index (χ0n) is 14.8. The largest absolute Gasteiger partial charge is 0.417 e. The smallest absolute Gasteiger partial charge is 0.309 e. The average molecular weight is 433 g/mol. The van der Waals surface area contributed by atoms with Crippen LogP contribution in [0, 0.1) is 0 Å². The van der Waals surface area contributed by atoms with E-state index in [1.807, 2.05) is 6.92 Å². The normalized spacial score (nSPS) is 16.8. The van der Waals surface area contributed by atoms with Crippen LogP contribution >= 0.6 is 11.6 Å². The van der Waals surface area contributed by atoms with E-state index >= 15 is 0 Å². The minimum Gasteiger partial charge on any atom is -0.309 e. The van der Waals surface area contributed by atoms with Crippen LogP contribution in [0.15, 0.2) is 41.3 Å². The molecule has 0 saturated carbocycles. The summed E-state index contributed by atoms with van der Waals surface area (Å²) in [5.41, 5.74) is -0.0762. The molecule has 0 fully saturated rings. The van der Waals surface area contributed by atoms with Crippen LogP contribution in [-0.4, -0.2) is 20.4 Å². The zero-order chi connectivity index (χ0) is 20.9. The second-order valence-electron chi connectivity index (χ2n) is 6.53. The van der Waals surface area contributed by atoms with Crippen LogP contribution in [-0.2, 0) is 27.4 Å². The number of nitrogens with one attached hydrogen (secondary N) is 1. The van der Waals surface area contributed by atoms with Gasteiger partial charge in [-0.1, -0.05) is 11.6 Å². The van der Waals surface area contributed by atoms with Crippen molar-refractivity contribution in [3.63, 3.8) is 0 Å². The molecule has 0 spiro atoms. The van der Waals surface area contributed by atoms with Gasteiger partial charge in [-0.05, 0) is 55.3 Å². The number of hydrogen-bond donors (Lipinski definition) is 1. The van der Waals surface area contributed by atoms with E-state index in [2.05, 4.69) is 4.72 Å². The summed E-state index contributed by atoms with van der Waals surface area (Å²) in [5, 5.41) is -0.522. The number of anilines is 2. The van der Waals surface area contributed by atoms with Crippen LogP contribution in [0.1, 0.15) is 25.0 Å². The Kier molecular flexibility index (Phi) is 5.09. The van der Waals surface area contributed by atoms with Gasteiger partial charge in [-0.25, -0.2) is 8.42 Å². The second-order valence-corrected chi connectivity index (χ2v) is 8.62. The lowest BCUT2D eigenvalue weighted by atomic mass is 10.1. The van der Waals surface area contributed by atoms with Gasteiger partial charge in [-0.2, -0.15) is 13.2 Å². The average Bonchev–Trinajstić information content (AvgIpc) is 2.90. The van der Waals surface area contributed by atoms with Crippen LogP contribution in [0.5, 0.6) is 0 Å². The summed E-state index contributed by atoms with van der Waals surface area (Å²) in [4.78, 5) is 13.2. The Bertz CT molecular complexity index is 1050. The predicted molar refractivity (Wildman–Crippen MR) is 100 cm³/mol. The fraction of sp³-hybridized carbons (Fsp3) is 0.278. The molecule has 1 aliphatic rings. The highest BCUT2D eigenvalue weighted by Gasteiger charge is 2.34. The summed E-state index contributed by atoms with van der Waals surface area (Å²) in [5.74, 6) is -0.152. The lowest BCUT2D eigenvalue weighted by Crippen LogP contribution is -2.33. The molecule has 1 heterocycles. The Morgan fingerprint density at radius 2 is 1.89 bits per heavy atom. The Hall–Kier alpha value is -2.26. The lowest BCUT2D eigenvalue weighted by Gasteiger charge is -2.20. The van der Waals surface area contributed by atoms with Gasteiger partial charge in [0.15, 0.2) is 0 Å². The van der Waals surface area contributed by atoms with Gasteiger partial charge in [0.25, 0.3) is 10.0 Å². The van der Waals surface area contributed by atoms with E-state index in [1.54, 1.807) is 4.90 Å². The molecule has 0 saturated heterocycles. The molecule has 150 valence electrons. The van der Waals surface area contributed by atoms with E-state index < -0.39 is 26.8 Å². The highest BCUT2D eigenvalue weighted by Crippen LogP contribution is 2.37. The predicted octanol–water partition coefficient (Wildman–Crippen LogP) is 4.46. The number of halogens is 4.